The molecule has 0 spiro atoms. The van der Waals surface area contributed by atoms with Crippen molar-refractivity contribution in [1.29, 1.82) is 0 Å². The number of benzene rings is 1. The van der Waals surface area contributed by atoms with Crippen molar-refractivity contribution < 1.29 is 42.5 Å². The Bertz CT molecular complexity index is 1630. The monoisotopic (exact) mass is 660 g/mol. The molecule has 2 aromatic heterocycles. The van der Waals surface area contributed by atoms with Crippen LogP contribution in [-0.2, 0) is 18.6 Å². The van der Waals surface area contributed by atoms with Crippen molar-refractivity contribution in [3.05, 3.63) is 36.7 Å². The fraction of sp³-hybridized carbons (Fsp3) is 0.533. The van der Waals surface area contributed by atoms with Crippen LogP contribution >= 0.6 is 7.75 Å². The molecule has 248 valence electrons. The zero-order chi connectivity index (χ0) is 33.1. The van der Waals surface area contributed by atoms with Crippen LogP contribution in [0.5, 0.6) is 11.6 Å². The molecule has 5 rings (SSSR count). The summed E-state index contributed by atoms with van der Waals surface area (Å²) in [5, 5.41) is 25.0. The number of aliphatic hydroxyl groups excluding tert-OH is 1. The summed E-state index contributed by atoms with van der Waals surface area (Å²) in [6.07, 6.45) is 7.88. The van der Waals surface area contributed by atoms with Crippen molar-refractivity contribution >= 4 is 30.6 Å². The zero-order valence-corrected chi connectivity index (χ0v) is 26.4. The lowest BCUT2D eigenvalue weighted by atomic mass is 9.85. The lowest BCUT2D eigenvalue weighted by molar-refractivity contribution is -0.202. The van der Waals surface area contributed by atoms with Crippen molar-refractivity contribution in [2.45, 2.75) is 82.2 Å². The second kappa shape index (κ2) is 13.6. The van der Waals surface area contributed by atoms with Gasteiger partial charge in [0.2, 0.25) is 17.4 Å². The van der Waals surface area contributed by atoms with E-state index in [9.17, 15) is 19.6 Å². The number of rotatable bonds is 13. The van der Waals surface area contributed by atoms with E-state index in [0.29, 0.717) is 0 Å². The summed E-state index contributed by atoms with van der Waals surface area (Å²) in [7, 11) is -4.52. The Morgan fingerprint density at radius 3 is 2.70 bits per heavy atom. The minimum Gasteiger partial charge on any atom is -0.476 e. The van der Waals surface area contributed by atoms with Gasteiger partial charge in [-0.2, -0.15) is 9.97 Å². The Morgan fingerprint density at radius 1 is 1.30 bits per heavy atom. The quantitative estimate of drug-likeness (QED) is 0.154. The van der Waals surface area contributed by atoms with Gasteiger partial charge >= 0.3 is 7.75 Å². The number of terminal acetylenes is 1. The largest absolute Gasteiger partial charge is 0.476 e. The number of carbonyl (C=O) groups excluding carboxylic acids is 1. The summed E-state index contributed by atoms with van der Waals surface area (Å²) in [4.78, 5) is 25.4. The fourth-order valence-corrected chi connectivity index (χ4v) is 7.24. The fourth-order valence-electron chi connectivity index (χ4n) is 5.70. The number of alkyl halides is 1. The molecule has 46 heavy (non-hydrogen) atoms. The van der Waals surface area contributed by atoms with Gasteiger partial charge < -0.3 is 29.9 Å². The number of nitrogen functional groups attached to an aromatic ring is 1. The highest BCUT2D eigenvalue weighted by atomic mass is 31.2. The normalized spacial score (nSPS) is 27.1. The number of carbonyl (C=O) groups is 1. The van der Waals surface area contributed by atoms with Crippen LogP contribution in [-0.4, -0.2) is 72.3 Å². The van der Waals surface area contributed by atoms with Gasteiger partial charge in [0.15, 0.2) is 23.5 Å². The molecule has 14 nitrogen and oxygen atoms in total. The molecule has 1 aliphatic carbocycles. The number of nitrogens with zero attached hydrogens (tertiary/aromatic N) is 4. The van der Waals surface area contributed by atoms with Crippen LogP contribution in [0.15, 0.2) is 36.7 Å². The van der Waals surface area contributed by atoms with Crippen LogP contribution in [0.25, 0.3) is 11.2 Å². The molecule has 1 saturated carbocycles. The van der Waals surface area contributed by atoms with Gasteiger partial charge in [0.25, 0.3) is 5.85 Å². The second-order valence-corrected chi connectivity index (χ2v) is 13.2. The Labute approximate surface area is 265 Å². The SMILES string of the molecule is C#C[C@]1(O)[C@H](n2cnc3c(OCC)nc(N)nc32)O[C@](F)(CO[P@@](=O)(N[C@@H](C)C(=O)CC2CCCCC2)Oc2ccccc2)[C@H]1O. The molecule has 0 radical (unpaired) electrons. The number of hydrogen-bond donors (Lipinski definition) is 4. The van der Waals surface area contributed by atoms with Crippen molar-refractivity contribution in [2.75, 3.05) is 18.9 Å². The Kier molecular flexibility index (Phi) is 9.97. The number of Topliss-reactive ketones (excluding diaryl/α,β-unsaturated/α-hetero) is 1. The molecule has 2 fully saturated rings. The number of aromatic nitrogens is 4. The molecule has 1 saturated heterocycles. The summed E-state index contributed by atoms with van der Waals surface area (Å²) in [5.41, 5.74) is 3.21. The minimum absolute atomic E-state index is 0.0265. The Balaban J connectivity index is 1.39. The summed E-state index contributed by atoms with van der Waals surface area (Å²) in [6.45, 7) is 2.22. The highest BCUT2D eigenvalue weighted by Crippen LogP contribution is 2.51. The predicted octanol–water partition coefficient (Wildman–Crippen LogP) is 3.45. The van der Waals surface area contributed by atoms with E-state index < -0.39 is 44.2 Å². The topological polar surface area (TPSA) is 193 Å². The molecule has 0 unspecified atom stereocenters. The maximum atomic E-state index is 16.5. The van der Waals surface area contributed by atoms with Gasteiger partial charge in [-0.3, -0.25) is 13.9 Å². The van der Waals surface area contributed by atoms with Crippen LogP contribution in [0.2, 0.25) is 0 Å². The molecular formula is C30H38FN6O8P. The van der Waals surface area contributed by atoms with E-state index in [1.54, 1.807) is 25.1 Å². The second-order valence-electron chi connectivity index (χ2n) is 11.5. The molecule has 0 amide bonds. The average Bonchev–Trinajstić information content (AvgIpc) is 3.54. The first-order valence-electron chi connectivity index (χ1n) is 15.1. The van der Waals surface area contributed by atoms with Crippen molar-refractivity contribution in [1.82, 2.24) is 24.6 Å². The van der Waals surface area contributed by atoms with Gasteiger partial charge in [0.05, 0.1) is 19.0 Å². The molecule has 3 heterocycles. The highest BCUT2D eigenvalue weighted by Gasteiger charge is 2.66. The maximum Gasteiger partial charge on any atom is 0.459 e. The van der Waals surface area contributed by atoms with E-state index in [1.165, 1.54) is 19.1 Å². The average molecular weight is 661 g/mol. The number of nitrogens with two attached hydrogens (primary N) is 1. The van der Waals surface area contributed by atoms with E-state index in [0.717, 1.165) is 43.0 Å². The number of halogens is 1. The molecule has 3 aromatic rings. The highest BCUT2D eigenvalue weighted by molar-refractivity contribution is 7.52. The molecule has 1 aliphatic heterocycles. The van der Waals surface area contributed by atoms with Crippen molar-refractivity contribution in [3.63, 3.8) is 0 Å². The minimum atomic E-state index is -4.52. The van der Waals surface area contributed by atoms with Gasteiger partial charge in [0, 0.05) is 6.42 Å². The van der Waals surface area contributed by atoms with Gasteiger partial charge in [-0.05, 0) is 31.9 Å². The standard InChI is InChI=1S/C30H38FN6O8P/c1-4-29(40)26(39)30(31,44-27(29)37-18-33-23-24(37)34-28(32)35-25(23)42-5-2)17-43-46(41,45-21-14-10-7-11-15-21)36-19(3)22(38)16-20-12-8-6-9-13-20/h1,7,10-11,14-15,18-20,26-27,39-40H,5-6,8-9,12-13,16-17H2,2-3H3,(H,36,41)(H2,32,34,35)/t19-,26-,27+,29+,30+,46-/m0/s1. The zero-order valence-electron chi connectivity index (χ0n) is 25.5. The van der Waals surface area contributed by atoms with Crippen LogP contribution in [0.4, 0.5) is 10.3 Å². The maximum absolute atomic E-state index is 16.5. The van der Waals surface area contributed by atoms with Crippen LogP contribution in [0.3, 0.4) is 0 Å². The number of nitrogens with one attached hydrogen (secondary N) is 1. The van der Waals surface area contributed by atoms with Crippen LogP contribution < -0.4 is 20.1 Å². The molecule has 2 aliphatic rings. The van der Waals surface area contributed by atoms with E-state index in [-0.39, 0.29) is 53.5 Å². The summed E-state index contributed by atoms with van der Waals surface area (Å²) >= 11 is 0. The molecule has 1 aromatic carbocycles. The van der Waals surface area contributed by atoms with E-state index in [1.807, 2.05) is 5.92 Å². The van der Waals surface area contributed by atoms with E-state index in [2.05, 4.69) is 20.0 Å². The number of anilines is 1. The first kappa shape index (κ1) is 33.7. The Morgan fingerprint density at radius 2 is 2.02 bits per heavy atom. The van der Waals surface area contributed by atoms with Gasteiger partial charge in [0.1, 0.15) is 18.1 Å². The molecule has 6 atom stereocenters. The third kappa shape index (κ3) is 6.88. The smallest absolute Gasteiger partial charge is 0.459 e. The first-order valence-corrected chi connectivity index (χ1v) is 16.6. The third-order valence-electron chi connectivity index (χ3n) is 8.13. The van der Waals surface area contributed by atoms with Gasteiger partial charge in [-0.25, -0.2) is 19.0 Å². The van der Waals surface area contributed by atoms with Gasteiger partial charge in [-0.1, -0.05) is 56.2 Å². The lowest BCUT2D eigenvalue weighted by Gasteiger charge is -2.29. The molecule has 16 heteroatoms. The number of hydrogen-bond acceptors (Lipinski definition) is 12. The van der Waals surface area contributed by atoms with Crippen LogP contribution in [0.1, 0.15) is 58.6 Å². The number of fused-ring (bicyclic) bond motifs is 1. The number of aliphatic hydroxyl groups is 2. The Hall–Kier alpha value is -3.64. The predicted molar refractivity (Wildman–Crippen MR) is 164 cm³/mol. The van der Waals surface area contributed by atoms with Crippen molar-refractivity contribution in [3.8, 4) is 24.0 Å². The number of imidazole rings is 1. The summed E-state index contributed by atoms with van der Waals surface area (Å²) < 4.78 is 53.8. The molecular weight excluding hydrogens is 622 g/mol. The summed E-state index contributed by atoms with van der Waals surface area (Å²) in [5.74, 6) is -1.31. The summed E-state index contributed by atoms with van der Waals surface area (Å²) in [6, 6.07) is 6.97. The number of ketones is 1. The third-order valence-corrected chi connectivity index (χ3v) is 9.75. The number of ether oxygens (including phenoxy) is 2. The van der Waals surface area contributed by atoms with Gasteiger partial charge in [-0.15, -0.1) is 6.42 Å². The van der Waals surface area contributed by atoms with Crippen LogP contribution in [0, 0.1) is 18.3 Å². The first-order chi connectivity index (χ1) is 21.9. The molecule has 5 N–H and O–H groups in total. The molecule has 0 bridgehead atoms. The lowest BCUT2D eigenvalue weighted by Crippen LogP contribution is -2.50. The number of para-hydroxylation sites is 1. The van der Waals surface area contributed by atoms with E-state index >= 15 is 4.39 Å². The van der Waals surface area contributed by atoms with Crippen molar-refractivity contribution in [2.24, 2.45) is 5.92 Å². The van der Waals surface area contributed by atoms with E-state index in [4.69, 9.17) is 30.7 Å².